The maximum atomic E-state index is 12.6. The zero-order chi connectivity index (χ0) is 20.3. The third kappa shape index (κ3) is 4.10. The number of hydrogen-bond acceptors (Lipinski definition) is 3. The van der Waals surface area contributed by atoms with Crippen LogP contribution in [0.3, 0.4) is 0 Å². The fourth-order valence-corrected chi connectivity index (χ4v) is 4.58. The van der Waals surface area contributed by atoms with E-state index in [1.54, 1.807) is 19.1 Å². The summed E-state index contributed by atoms with van der Waals surface area (Å²) in [5, 5.41) is 3.69. The smallest absolute Gasteiger partial charge is 0.253 e. The Morgan fingerprint density at radius 2 is 1.82 bits per heavy atom. The zero-order valence-corrected chi connectivity index (χ0v) is 17.1. The second-order valence-electron chi connectivity index (χ2n) is 6.77. The van der Waals surface area contributed by atoms with Gasteiger partial charge in [0.1, 0.15) is 0 Å². The highest BCUT2D eigenvalue weighted by molar-refractivity contribution is 7.89. The molecular weight excluding hydrogens is 374 g/mol. The largest absolute Gasteiger partial charge is 0.351 e. The monoisotopic (exact) mass is 399 g/mol. The van der Waals surface area contributed by atoms with Crippen molar-refractivity contribution in [3.05, 3.63) is 65.4 Å². The van der Waals surface area contributed by atoms with Crippen molar-refractivity contribution in [2.45, 2.75) is 32.2 Å². The summed E-state index contributed by atoms with van der Waals surface area (Å²) in [6, 6.07) is 13.1. The molecule has 0 radical (unpaired) electrons. The maximum absolute atomic E-state index is 12.6. The van der Waals surface area contributed by atoms with E-state index in [-0.39, 0.29) is 23.9 Å². The molecule has 0 fully saturated rings. The van der Waals surface area contributed by atoms with E-state index in [0.717, 1.165) is 23.0 Å². The molecule has 3 rings (SSSR count). The lowest BCUT2D eigenvalue weighted by Crippen LogP contribution is -2.34. The van der Waals surface area contributed by atoms with Crippen LogP contribution in [0.4, 0.5) is 0 Å². The Hall–Kier alpha value is -2.64. The summed E-state index contributed by atoms with van der Waals surface area (Å²) in [6.45, 7) is 6.73. The predicted molar refractivity (Wildman–Crippen MR) is 111 cm³/mol. The van der Waals surface area contributed by atoms with Gasteiger partial charge in [0.05, 0.1) is 10.5 Å². The van der Waals surface area contributed by atoms with Gasteiger partial charge < -0.3 is 9.88 Å². The van der Waals surface area contributed by atoms with Gasteiger partial charge in [0.15, 0.2) is 0 Å². The fourth-order valence-electron chi connectivity index (χ4n) is 3.22. The van der Waals surface area contributed by atoms with Gasteiger partial charge in [0.2, 0.25) is 10.0 Å². The molecule has 0 bridgehead atoms. The summed E-state index contributed by atoms with van der Waals surface area (Å²) < 4.78 is 29.6. The molecule has 0 saturated heterocycles. The van der Waals surface area contributed by atoms with Crippen LogP contribution in [0, 0.1) is 13.8 Å². The summed E-state index contributed by atoms with van der Waals surface area (Å²) in [5.41, 5.74) is 3.17. The number of aryl methyl sites for hydroxylation is 3. The van der Waals surface area contributed by atoms with Crippen LogP contribution < -0.4 is 10.0 Å². The Morgan fingerprint density at radius 3 is 2.57 bits per heavy atom. The van der Waals surface area contributed by atoms with Crippen molar-refractivity contribution in [2.75, 3.05) is 13.1 Å². The number of amides is 1. The Labute approximate surface area is 165 Å². The average molecular weight is 400 g/mol. The first kappa shape index (κ1) is 20.1. The maximum Gasteiger partial charge on any atom is 0.253 e. The Balaban J connectivity index is 1.64. The van der Waals surface area contributed by atoms with E-state index in [2.05, 4.69) is 10.0 Å². The summed E-state index contributed by atoms with van der Waals surface area (Å²) in [7, 11) is -3.62. The van der Waals surface area contributed by atoms with Crippen LogP contribution in [0.25, 0.3) is 10.9 Å². The minimum absolute atomic E-state index is 0.119. The second-order valence-corrected chi connectivity index (χ2v) is 8.50. The van der Waals surface area contributed by atoms with Crippen LogP contribution in [0.5, 0.6) is 0 Å². The predicted octanol–water partition coefficient (Wildman–Crippen LogP) is 2.99. The number of carbonyl (C=O) groups excluding carboxylic acids is 1. The first-order valence-corrected chi connectivity index (χ1v) is 10.7. The lowest BCUT2D eigenvalue weighted by Gasteiger charge is -2.10. The van der Waals surface area contributed by atoms with E-state index in [1.807, 2.05) is 54.9 Å². The average Bonchev–Trinajstić information content (AvgIpc) is 3.06. The van der Waals surface area contributed by atoms with E-state index in [9.17, 15) is 13.2 Å². The number of fused-ring (bicyclic) bond motifs is 1. The van der Waals surface area contributed by atoms with Gasteiger partial charge in [-0.1, -0.05) is 30.3 Å². The highest BCUT2D eigenvalue weighted by Crippen LogP contribution is 2.21. The van der Waals surface area contributed by atoms with Gasteiger partial charge in [0.25, 0.3) is 5.91 Å². The van der Waals surface area contributed by atoms with E-state index in [1.165, 1.54) is 0 Å². The summed E-state index contributed by atoms with van der Waals surface area (Å²) in [5.74, 6) is -0.214. The lowest BCUT2D eigenvalue weighted by atomic mass is 10.1. The molecular formula is C21H25N3O3S. The zero-order valence-electron chi connectivity index (χ0n) is 16.3. The normalized spacial score (nSPS) is 11.7. The standard InChI is InChI=1S/C21H25N3O3S/c1-4-24-14-18(17-7-5-6-8-19(17)24)21(25)22-11-12-23-28(26,27)20-13-15(2)9-10-16(20)3/h5-10,13-14,23H,4,11-12H2,1-3H3,(H,22,25). The molecule has 148 valence electrons. The molecule has 0 unspecified atom stereocenters. The van der Waals surface area contributed by atoms with Gasteiger partial charge in [-0.15, -0.1) is 0 Å². The van der Waals surface area contributed by atoms with Crippen molar-refractivity contribution < 1.29 is 13.2 Å². The molecule has 1 amide bonds. The lowest BCUT2D eigenvalue weighted by molar-refractivity contribution is 0.0956. The van der Waals surface area contributed by atoms with E-state index < -0.39 is 10.0 Å². The minimum Gasteiger partial charge on any atom is -0.351 e. The van der Waals surface area contributed by atoms with Gasteiger partial charge in [-0.25, -0.2) is 13.1 Å². The van der Waals surface area contributed by atoms with Crippen LogP contribution >= 0.6 is 0 Å². The molecule has 2 aromatic carbocycles. The van der Waals surface area contributed by atoms with Gasteiger partial charge >= 0.3 is 0 Å². The quantitative estimate of drug-likeness (QED) is 0.600. The van der Waals surface area contributed by atoms with Crippen molar-refractivity contribution >= 4 is 26.8 Å². The molecule has 3 aromatic rings. The minimum atomic E-state index is -3.62. The van der Waals surface area contributed by atoms with Crippen molar-refractivity contribution in [1.82, 2.24) is 14.6 Å². The Morgan fingerprint density at radius 1 is 1.07 bits per heavy atom. The molecule has 0 saturated carbocycles. The molecule has 0 aliphatic rings. The molecule has 0 spiro atoms. The number of sulfonamides is 1. The Kier molecular flexibility index (Phi) is 5.86. The van der Waals surface area contributed by atoms with Crippen molar-refractivity contribution in [1.29, 1.82) is 0 Å². The highest BCUT2D eigenvalue weighted by atomic mass is 32.2. The van der Waals surface area contributed by atoms with E-state index >= 15 is 0 Å². The molecule has 28 heavy (non-hydrogen) atoms. The molecule has 0 aliphatic carbocycles. The van der Waals surface area contributed by atoms with Crippen molar-refractivity contribution in [3.63, 3.8) is 0 Å². The van der Waals surface area contributed by atoms with Crippen molar-refractivity contribution in [3.8, 4) is 0 Å². The van der Waals surface area contributed by atoms with Crippen LogP contribution in [0.1, 0.15) is 28.4 Å². The second kappa shape index (κ2) is 8.16. The molecule has 1 aromatic heterocycles. The fraction of sp³-hybridized carbons (Fsp3) is 0.286. The molecule has 0 atom stereocenters. The van der Waals surface area contributed by atoms with Gasteiger partial charge in [0, 0.05) is 36.7 Å². The van der Waals surface area contributed by atoms with Crippen LogP contribution in [0.15, 0.2) is 53.6 Å². The van der Waals surface area contributed by atoms with E-state index in [4.69, 9.17) is 0 Å². The van der Waals surface area contributed by atoms with Crippen LogP contribution in [-0.2, 0) is 16.6 Å². The Bertz CT molecular complexity index is 1120. The van der Waals surface area contributed by atoms with Crippen LogP contribution in [0.2, 0.25) is 0 Å². The first-order valence-electron chi connectivity index (χ1n) is 9.26. The summed E-state index contributed by atoms with van der Waals surface area (Å²) in [6.07, 6.45) is 1.83. The van der Waals surface area contributed by atoms with Crippen molar-refractivity contribution in [2.24, 2.45) is 0 Å². The third-order valence-electron chi connectivity index (χ3n) is 4.71. The third-order valence-corrected chi connectivity index (χ3v) is 6.31. The van der Waals surface area contributed by atoms with Crippen LogP contribution in [-0.4, -0.2) is 32.0 Å². The first-order chi connectivity index (χ1) is 13.3. The van der Waals surface area contributed by atoms with E-state index in [0.29, 0.717) is 11.1 Å². The summed E-state index contributed by atoms with van der Waals surface area (Å²) >= 11 is 0. The number of aromatic nitrogens is 1. The summed E-state index contributed by atoms with van der Waals surface area (Å²) in [4.78, 5) is 12.8. The number of hydrogen-bond donors (Lipinski definition) is 2. The highest BCUT2D eigenvalue weighted by Gasteiger charge is 2.17. The number of nitrogens with one attached hydrogen (secondary N) is 2. The number of benzene rings is 2. The topological polar surface area (TPSA) is 80.2 Å². The molecule has 0 aliphatic heterocycles. The SMILES string of the molecule is CCn1cc(C(=O)NCCNS(=O)(=O)c2cc(C)ccc2C)c2ccccc21. The van der Waals surface area contributed by atoms with Gasteiger partial charge in [-0.3, -0.25) is 4.79 Å². The molecule has 6 nitrogen and oxygen atoms in total. The number of para-hydroxylation sites is 1. The number of rotatable bonds is 7. The van der Waals surface area contributed by atoms with Gasteiger partial charge in [-0.2, -0.15) is 0 Å². The number of nitrogens with zero attached hydrogens (tertiary/aromatic N) is 1. The molecule has 1 heterocycles. The molecule has 2 N–H and O–H groups in total. The van der Waals surface area contributed by atoms with Gasteiger partial charge in [-0.05, 0) is 44.0 Å². The number of carbonyl (C=O) groups is 1. The molecule has 7 heteroatoms.